The highest BCUT2D eigenvalue weighted by Crippen LogP contribution is 2.64. The molecule has 51 heavy (non-hydrogen) atoms. The van der Waals surface area contributed by atoms with Crippen molar-refractivity contribution in [2.75, 3.05) is 14.2 Å². The average Bonchev–Trinajstić information content (AvgIpc) is 3.36. The maximum atomic E-state index is 14.2. The third kappa shape index (κ3) is 4.93. The zero-order valence-electron chi connectivity index (χ0n) is 26.9. The summed E-state index contributed by atoms with van der Waals surface area (Å²) in [5.74, 6) is -2.63. The van der Waals surface area contributed by atoms with Gasteiger partial charge in [-0.3, -0.25) is 14.4 Å². The fraction of sp³-hybridized carbons (Fsp3) is 0.333. The summed E-state index contributed by atoms with van der Waals surface area (Å²) in [7, 11) is 4.51. The lowest BCUT2D eigenvalue weighted by Gasteiger charge is -2.54. The second kappa shape index (κ2) is 12.4. The fourth-order valence-electron chi connectivity index (χ4n) is 7.40. The van der Waals surface area contributed by atoms with E-state index >= 15 is 0 Å². The molecule has 1 saturated carbocycles. The van der Waals surface area contributed by atoms with Gasteiger partial charge in [0.05, 0.1) is 37.8 Å². The van der Waals surface area contributed by atoms with Crippen LogP contribution in [0.5, 0.6) is 17.2 Å². The Labute approximate surface area is 316 Å². The Balaban J connectivity index is 1.34. The minimum absolute atomic E-state index is 0.0915. The number of hydrogen-bond donors (Lipinski definition) is 1. The van der Waals surface area contributed by atoms with Crippen LogP contribution < -0.4 is 26.4 Å². The van der Waals surface area contributed by atoms with Crippen LogP contribution in [0.2, 0.25) is 0 Å². The van der Waals surface area contributed by atoms with E-state index in [1.165, 1.54) is 35.6 Å². The first-order chi connectivity index (χ1) is 24.1. The third-order valence-corrected chi connectivity index (χ3v) is 12.6. The Morgan fingerprint density at radius 1 is 0.980 bits per heavy atom. The molecule has 0 radical (unpaired) electrons. The number of fused-ring (bicyclic) bond motifs is 5. The number of aromatic hydroxyl groups is 1. The van der Waals surface area contributed by atoms with Crippen LogP contribution in [-0.2, 0) is 36.1 Å². The molecule has 1 aliphatic heterocycles. The second-order valence-corrected chi connectivity index (χ2v) is 15.3. The van der Waals surface area contributed by atoms with Crippen LogP contribution in [-0.4, -0.2) is 64.1 Å². The van der Waals surface area contributed by atoms with Crippen molar-refractivity contribution in [3.8, 4) is 17.2 Å². The van der Waals surface area contributed by atoms with E-state index in [1.54, 1.807) is 31.3 Å². The van der Waals surface area contributed by atoms with Gasteiger partial charge in [-0.2, -0.15) is 0 Å². The van der Waals surface area contributed by atoms with Crippen molar-refractivity contribution in [3.05, 3.63) is 99.1 Å². The largest absolute Gasteiger partial charge is 0.508 e. The third-order valence-electron chi connectivity index (χ3n) is 9.90. The van der Waals surface area contributed by atoms with E-state index in [2.05, 4.69) is 20.9 Å². The van der Waals surface area contributed by atoms with E-state index in [1.807, 2.05) is 0 Å². The lowest BCUT2D eigenvalue weighted by atomic mass is 9.59. The molecule has 0 bridgehead atoms. The molecule has 2 aliphatic carbocycles. The molecule has 3 heterocycles. The molecule has 7 rings (SSSR count). The van der Waals surface area contributed by atoms with Gasteiger partial charge in [0, 0.05) is 54.5 Å². The van der Waals surface area contributed by atoms with E-state index in [0.717, 1.165) is 9.25 Å². The van der Waals surface area contributed by atoms with Crippen LogP contribution in [0.1, 0.15) is 29.6 Å². The van der Waals surface area contributed by atoms with Gasteiger partial charge >= 0.3 is 11.4 Å². The molecule has 4 atom stereocenters. The van der Waals surface area contributed by atoms with E-state index < -0.39 is 66.7 Å². The summed E-state index contributed by atoms with van der Waals surface area (Å²) in [6.45, 7) is -0.360. The molecule has 3 aliphatic rings. The molecule has 13 nitrogen and oxygen atoms in total. The van der Waals surface area contributed by atoms with Crippen LogP contribution in [0.15, 0.2) is 70.9 Å². The minimum atomic E-state index is -2.29. The first-order valence-electron chi connectivity index (χ1n) is 15.4. The van der Waals surface area contributed by atoms with Gasteiger partial charge < -0.3 is 19.1 Å². The molecular formula is C33H26BrCl4N5O8. The Morgan fingerprint density at radius 3 is 2.33 bits per heavy atom. The maximum Gasteiger partial charge on any atom is 0.347 e. The van der Waals surface area contributed by atoms with Crippen molar-refractivity contribution in [1.29, 1.82) is 0 Å². The topological polar surface area (TPSA) is 157 Å². The number of phenolic OH excluding ortho intramolecular Hbond substituents is 1. The summed E-state index contributed by atoms with van der Waals surface area (Å²) in [6.07, 6.45) is 1.10. The van der Waals surface area contributed by atoms with Crippen molar-refractivity contribution in [1.82, 2.24) is 23.5 Å². The lowest BCUT2D eigenvalue weighted by Crippen LogP contribution is -2.67. The monoisotopic (exact) mass is 839 g/mol. The normalized spacial score (nSPS) is 24.3. The molecule has 266 valence electrons. The van der Waals surface area contributed by atoms with Crippen molar-refractivity contribution in [3.63, 3.8) is 0 Å². The number of Topliss-reactive ketones (excluding diaryl/α,β-unsaturated/α-hetero) is 2. The molecular weight excluding hydrogens is 816 g/mol. The Kier molecular flexibility index (Phi) is 8.65. The van der Waals surface area contributed by atoms with Gasteiger partial charge in [0.2, 0.25) is 0 Å². The van der Waals surface area contributed by atoms with Crippen molar-refractivity contribution >= 4 is 84.9 Å². The number of ether oxygens (including phenoxy) is 2. The van der Waals surface area contributed by atoms with Gasteiger partial charge in [-0.15, -0.1) is 23.2 Å². The highest BCUT2D eigenvalue weighted by molar-refractivity contribution is 9.10. The molecule has 18 heteroatoms. The first-order valence-corrected chi connectivity index (χ1v) is 17.7. The van der Waals surface area contributed by atoms with Crippen molar-refractivity contribution in [2.24, 2.45) is 7.05 Å². The van der Waals surface area contributed by atoms with Crippen molar-refractivity contribution < 1.29 is 24.2 Å². The number of alkyl halides is 2. The van der Waals surface area contributed by atoms with Gasteiger partial charge in [-0.05, 0) is 23.8 Å². The van der Waals surface area contributed by atoms with Crippen LogP contribution in [0.25, 0.3) is 11.0 Å². The number of rotatable bonds is 6. The second-order valence-electron chi connectivity index (χ2n) is 12.4. The Bertz CT molecular complexity index is 2490. The Morgan fingerprint density at radius 2 is 1.65 bits per heavy atom. The highest BCUT2D eigenvalue weighted by atomic mass is 79.9. The SMILES string of the molecule is COc1cc2nc(CCn3c(=O)n4n(c3=O)[C@@H]3C[C@@]5(Cl)C(=O)C(Cl)=C(Cl)C(=O)[C@@]5(Cl)[C@@H](c5cc(Br)ccc5O)C3=CC4)c(=O)n(C)c2cc1OC. The summed E-state index contributed by atoms with van der Waals surface area (Å²) < 4.78 is 15.9. The van der Waals surface area contributed by atoms with Crippen LogP contribution in [0.4, 0.5) is 0 Å². The highest BCUT2D eigenvalue weighted by Gasteiger charge is 2.71. The van der Waals surface area contributed by atoms with E-state index in [0.29, 0.717) is 32.6 Å². The summed E-state index contributed by atoms with van der Waals surface area (Å²) in [4.78, 5) is 69.1. The number of methoxy groups -OCH3 is 2. The van der Waals surface area contributed by atoms with Gasteiger partial charge in [0.15, 0.2) is 23.1 Å². The predicted molar refractivity (Wildman–Crippen MR) is 193 cm³/mol. The number of benzene rings is 2. The molecule has 0 amide bonds. The quantitative estimate of drug-likeness (QED) is 0.222. The molecule has 1 fully saturated rings. The number of allylic oxidation sites excluding steroid dienone is 4. The number of halogens is 5. The first kappa shape index (κ1) is 35.6. The average molecular weight is 842 g/mol. The number of nitrogens with zero attached hydrogens (tertiary/aromatic N) is 5. The molecule has 0 saturated heterocycles. The summed E-state index contributed by atoms with van der Waals surface area (Å²) in [5.41, 5.74) is -0.418. The van der Waals surface area contributed by atoms with E-state index in [4.69, 9.17) is 55.9 Å². The molecule has 0 unspecified atom stereocenters. The van der Waals surface area contributed by atoms with Gasteiger partial charge in [-0.1, -0.05) is 45.2 Å². The number of ketones is 2. The number of aromatic nitrogens is 5. The van der Waals surface area contributed by atoms with Crippen LogP contribution in [0.3, 0.4) is 0 Å². The number of phenols is 1. The summed E-state index contributed by atoms with van der Waals surface area (Å²) >= 11 is 30.3. The standard InChI is InChI=1S/C33H26BrCl4N5O8/c1-40-19-12-23(51-3)22(50-2)11-18(19)39-17(29(40)47)7-8-41-30(48)42-9-6-15-20(43(42)31(41)49)13-32(37)27(45)25(35)26(36)28(46)33(32,38)24(15)16-10-14(34)4-5-21(16)44/h4-6,10-12,20,24,44H,7-9,13H2,1-3H3/t20-,24-,32-,33+/m1/s1. The van der Waals surface area contributed by atoms with Gasteiger partial charge in [0.25, 0.3) is 5.56 Å². The summed E-state index contributed by atoms with van der Waals surface area (Å²) in [5, 5.41) is 9.87. The molecule has 4 aromatic rings. The maximum absolute atomic E-state index is 14.2. The zero-order valence-corrected chi connectivity index (χ0v) is 31.5. The van der Waals surface area contributed by atoms with Gasteiger partial charge in [-0.25, -0.2) is 28.5 Å². The number of carbonyl (C=O) groups excluding carboxylic acids is 2. The Hall–Kier alpha value is -3.82. The molecule has 1 N–H and O–H groups in total. The van der Waals surface area contributed by atoms with E-state index in [9.17, 15) is 29.1 Å². The molecule has 2 aromatic carbocycles. The molecule has 0 spiro atoms. The van der Waals surface area contributed by atoms with Crippen LogP contribution >= 0.6 is 62.3 Å². The predicted octanol–water partition coefficient (Wildman–Crippen LogP) is 4.25. The van der Waals surface area contributed by atoms with Crippen molar-refractivity contribution in [2.45, 2.75) is 47.6 Å². The number of carbonyl (C=O) groups is 2. The zero-order chi connectivity index (χ0) is 36.9. The smallest absolute Gasteiger partial charge is 0.347 e. The van der Waals surface area contributed by atoms with E-state index in [-0.39, 0.29) is 36.5 Å². The number of hydrogen-bond acceptors (Lipinski definition) is 9. The lowest BCUT2D eigenvalue weighted by molar-refractivity contribution is -0.128. The molecule has 2 aromatic heterocycles. The number of aryl methyl sites for hydroxylation is 2. The minimum Gasteiger partial charge on any atom is -0.508 e. The van der Waals surface area contributed by atoms with Gasteiger partial charge in [0.1, 0.15) is 31.3 Å². The summed E-state index contributed by atoms with van der Waals surface area (Å²) in [6, 6.07) is 6.61. The fourth-order valence-corrected chi connectivity index (χ4v) is 9.30. The van der Waals surface area contributed by atoms with Crippen LogP contribution in [0, 0.1) is 0 Å².